The third-order valence-corrected chi connectivity index (χ3v) is 8.34. The van der Waals surface area contributed by atoms with Gasteiger partial charge in [-0.05, 0) is 45.5 Å². The third kappa shape index (κ3) is 4.90. The van der Waals surface area contributed by atoms with Gasteiger partial charge in [-0.3, -0.25) is 4.79 Å². The summed E-state index contributed by atoms with van der Waals surface area (Å²) in [4.78, 5) is 18.0. The highest BCUT2D eigenvalue weighted by Crippen LogP contribution is 2.48. The molecule has 2 atom stereocenters. The van der Waals surface area contributed by atoms with Crippen molar-refractivity contribution in [3.05, 3.63) is 24.2 Å². The first-order valence-corrected chi connectivity index (χ1v) is 12.4. The molecule has 1 aromatic rings. The molecule has 0 aromatic carbocycles. The minimum atomic E-state index is -3.38. The highest BCUT2D eigenvalue weighted by molar-refractivity contribution is 7.89. The van der Waals surface area contributed by atoms with E-state index in [1.54, 1.807) is 17.7 Å². The molecule has 3 rings (SSSR count). The second-order valence-corrected chi connectivity index (χ2v) is 10.7. The SMILES string of the molecule is COCCN1[C@@H]2CCCC[C@@]2(C(=O)N(CCN(C)C)Cc2ccco2)CCS1(=O)=O. The summed E-state index contributed by atoms with van der Waals surface area (Å²) in [5.74, 6) is 0.814. The molecule has 9 heteroatoms. The first-order valence-electron chi connectivity index (χ1n) is 10.7. The second kappa shape index (κ2) is 9.80. The first-order chi connectivity index (χ1) is 14.3. The summed E-state index contributed by atoms with van der Waals surface area (Å²) < 4.78 is 38.0. The van der Waals surface area contributed by atoms with Crippen LogP contribution in [0.2, 0.25) is 0 Å². The molecular formula is C21H35N3O5S. The lowest BCUT2D eigenvalue weighted by Gasteiger charge is -2.52. The maximum Gasteiger partial charge on any atom is 0.230 e. The van der Waals surface area contributed by atoms with Gasteiger partial charge in [-0.25, -0.2) is 8.42 Å². The molecule has 30 heavy (non-hydrogen) atoms. The molecule has 8 nitrogen and oxygen atoms in total. The highest BCUT2D eigenvalue weighted by atomic mass is 32.2. The molecule has 0 spiro atoms. The normalized spacial score (nSPS) is 26.5. The topological polar surface area (TPSA) is 83.3 Å². The Labute approximate surface area is 180 Å². The molecule has 2 fully saturated rings. The van der Waals surface area contributed by atoms with Crippen molar-refractivity contribution >= 4 is 15.9 Å². The number of hydrogen-bond donors (Lipinski definition) is 0. The zero-order chi connectivity index (χ0) is 21.8. The monoisotopic (exact) mass is 441 g/mol. The van der Waals surface area contributed by atoms with Gasteiger partial charge in [0, 0.05) is 32.8 Å². The molecule has 0 unspecified atom stereocenters. The fraction of sp³-hybridized carbons (Fsp3) is 0.762. The van der Waals surface area contributed by atoms with E-state index >= 15 is 0 Å². The molecule has 1 aliphatic carbocycles. The van der Waals surface area contributed by atoms with Gasteiger partial charge in [-0.1, -0.05) is 12.8 Å². The maximum absolute atomic E-state index is 14.0. The fourth-order valence-electron chi connectivity index (χ4n) is 4.87. The van der Waals surface area contributed by atoms with Crippen molar-refractivity contribution < 1.29 is 22.4 Å². The van der Waals surface area contributed by atoms with Crippen molar-refractivity contribution in [1.29, 1.82) is 0 Å². The molecule has 170 valence electrons. The zero-order valence-electron chi connectivity index (χ0n) is 18.4. The maximum atomic E-state index is 14.0. The van der Waals surface area contributed by atoms with Crippen molar-refractivity contribution in [1.82, 2.24) is 14.1 Å². The van der Waals surface area contributed by atoms with Crippen LogP contribution in [0, 0.1) is 5.41 Å². The minimum absolute atomic E-state index is 0.0151. The van der Waals surface area contributed by atoms with E-state index in [9.17, 15) is 13.2 Å². The summed E-state index contributed by atoms with van der Waals surface area (Å²) >= 11 is 0. The standard InChI is InChI=1S/C21H35N3O5S/c1-22(2)11-12-23(17-18-7-6-14-29-18)20(25)21-9-5-4-8-19(21)24(13-15-28-3)30(26,27)16-10-21/h6-7,14,19H,4-5,8-13,15-17H2,1-3H3/t19-,21-/m1/s1. The van der Waals surface area contributed by atoms with Crippen LogP contribution < -0.4 is 0 Å². The Hall–Kier alpha value is -1.42. The molecule has 1 aromatic heterocycles. The molecule has 2 heterocycles. The minimum Gasteiger partial charge on any atom is -0.467 e. The van der Waals surface area contributed by atoms with Crippen molar-refractivity contribution in [2.24, 2.45) is 5.41 Å². The Balaban J connectivity index is 1.91. The number of hydrogen-bond acceptors (Lipinski definition) is 6. The van der Waals surface area contributed by atoms with Gasteiger partial charge in [-0.2, -0.15) is 4.31 Å². The summed E-state index contributed by atoms with van der Waals surface area (Å²) in [7, 11) is 2.15. The van der Waals surface area contributed by atoms with Gasteiger partial charge >= 0.3 is 0 Å². The molecular weight excluding hydrogens is 406 g/mol. The third-order valence-electron chi connectivity index (χ3n) is 6.47. The molecule has 1 saturated heterocycles. The lowest BCUT2D eigenvalue weighted by molar-refractivity contribution is -0.150. The number of furan rings is 1. The zero-order valence-corrected chi connectivity index (χ0v) is 19.2. The van der Waals surface area contributed by atoms with Crippen molar-refractivity contribution in [2.75, 3.05) is 53.2 Å². The van der Waals surface area contributed by atoms with Gasteiger partial charge in [0.2, 0.25) is 15.9 Å². The number of nitrogens with zero attached hydrogens (tertiary/aromatic N) is 3. The van der Waals surface area contributed by atoms with Crippen LogP contribution in [-0.2, 0) is 26.1 Å². The van der Waals surface area contributed by atoms with E-state index in [-0.39, 0.29) is 17.7 Å². The van der Waals surface area contributed by atoms with E-state index in [1.807, 2.05) is 31.1 Å². The number of ether oxygens (including phenoxy) is 1. The summed E-state index contributed by atoms with van der Waals surface area (Å²) in [6.45, 7) is 2.34. The average Bonchev–Trinajstić information content (AvgIpc) is 3.22. The Bertz CT molecular complexity index is 796. The molecule has 2 aliphatic rings. The van der Waals surface area contributed by atoms with Crippen LogP contribution in [-0.4, -0.2) is 87.7 Å². The van der Waals surface area contributed by atoms with Gasteiger partial charge in [0.1, 0.15) is 5.76 Å². The Morgan fingerprint density at radius 1 is 1.30 bits per heavy atom. The Kier molecular flexibility index (Phi) is 7.60. The quantitative estimate of drug-likeness (QED) is 0.581. The van der Waals surface area contributed by atoms with Crippen LogP contribution in [0.15, 0.2) is 22.8 Å². The number of methoxy groups -OCH3 is 1. The number of carbonyl (C=O) groups is 1. The van der Waals surface area contributed by atoms with E-state index in [2.05, 4.69) is 4.90 Å². The van der Waals surface area contributed by atoms with E-state index in [0.29, 0.717) is 32.7 Å². The van der Waals surface area contributed by atoms with E-state index in [0.717, 1.165) is 38.0 Å². The van der Waals surface area contributed by atoms with Crippen molar-refractivity contribution in [3.8, 4) is 0 Å². The smallest absolute Gasteiger partial charge is 0.230 e. The molecule has 1 saturated carbocycles. The highest BCUT2D eigenvalue weighted by Gasteiger charge is 2.56. The van der Waals surface area contributed by atoms with Gasteiger partial charge < -0.3 is 19.0 Å². The van der Waals surface area contributed by atoms with E-state index in [4.69, 9.17) is 9.15 Å². The van der Waals surface area contributed by atoms with Crippen molar-refractivity contribution in [3.63, 3.8) is 0 Å². The number of rotatable bonds is 9. The van der Waals surface area contributed by atoms with Crippen LogP contribution >= 0.6 is 0 Å². The number of likely N-dealkylation sites (N-methyl/N-ethyl adjacent to an activating group) is 1. The molecule has 0 bridgehead atoms. The number of amides is 1. The lowest BCUT2D eigenvalue weighted by Crippen LogP contribution is -2.63. The van der Waals surface area contributed by atoms with Crippen LogP contribution in [0.1, 0.15) is 37.9 Å². The van der Waals surface area contributed by atoms with Gasteiger partial charge in [-0.15, -0.1) is 0 Å². The van der Waals surface area contributed by atoms with Gasteiger partial charge in [0.25, 0.3) is 0 Å². The predicted molar refractivity (Wildman–Crippen MR) is 114 cm³/mol. The predicted octanol–water partition coefficient (Wildman–Crippen LogP) is 1.78. The van der Waals surface area contributed by atoms with Crippen LogP contribution in [0.4, 0.5) is 0 Å². The average molecular weight is 442 g/mol. The van der Waals surface area contributed by atoms with E-state index in [1.165, 1.54) is 0 Å². The Morgan fingerprint density at radius 2 is 2.10 bits per heavy atom. The van der Waals surface area contributed by atoms with Gasteiger partial charge in [0.05, 0.1) is 30.6 Å². The first kappa shape index (κ1) is 23.2. The van der Waals surface area contributed by atoms with Gasteiger partial charge in [0.15, 0.2) is 0 Å². The number of sulfonamides is 1. The van der Waals surface area contributed by atoms with Crippen LogP contribution in [0.3, 0.4) is 0 Å². The van der Waals surface area contributed by atoms with E-state index < -0.39 is 15.4 Å². The van der Waals surface area contributed by atoms with Crippen LogP contribution in [0.5, 0.6) is 0 Å². The number of fused-ring (bicyclic) bond motifs is 1. The molecule has 0 radical (unpaired) electrons. The summed E-state index contributed by atoms with van der Waals surface area (Å²) in [6, 6.07) is 3.40. The number of carbonyl (C=O) groups excluding carboxylic acids is 1. The summed E-state index contributed by atoms with van der Waals surface area (Å²) in [6.07, 6.45) is 5.34. The Morgan fingerprint density at radius 3 is 2.77 bits per heavy atom. The lowest BCUT2D eigenvalue weighted by atomic mass is 9.67. The van der Waals surface area contributed by atoms with Crippen molar-refractivity contribution in [2.45, 2.75) is 44.7 Å². The molecule has 0 N–H and O–H groups in total. The second-order valence-electron chi connectivity index (χ2n) is 8.70. The molecule has 1 amide bonds. The summed E-state index contributed by atoms with van der Waals surface area (Å²) in [5, 5.41) is 0. The fourth-order valence-corrected chi connectivity index (χ4v) is 6.77. The largest absolute Gasteiger partial charge is 0.467 e. The summed E-state index contributed by atoms with van der Waals surface area (Å²) in [5.41, 5.74) is -0.670. The van der Waals surface area contributed by atoms with Crippen LogP contribution in [0.25, 0.3) is 0 Å². The molecule has 1 aliphatic heterocycles.